The van der Waals surface area contributed by atoms with E-state index in [9.17, 15) is 14.9 Å². The third kappa shape index (κ3) is 3.18. The van der Waals surface area contributed by atoms with Gasteiger partial charge in [-0.1, -0.05) is 0 Å². The smallest absolute Gasteiger partial charge is 0.410 e. The van der Waals surface area contributed by atoms with Gasteiger partial charge in [0.2, 0.25) is 0 Å². The molecule has 0 N–H and O–H groups in total. The number of aryl methyl sites for hydroxylation is 1. The number of hydrogen-bond acceptors (Lipinski definition) is 4. The molecule has 7 heteroatoms. The maximum absolute atomic E-state index is 12.4. The van der Waals surface area contributed by atoms with Gasteiger partial charge >= 0.3 is 6.09 Å². The first-order valence-electron chi connectivity index (χ1n) is 8.47. The van der Waals surface area contributed by atoms with E-state index in [0.717, 1.165) is 28.7 Å². The fraction of sp³-hybridized carbons (Fsp3) is 0.500. The molecule has 2 heterocycles. The van der Waals surface area contributed by atoms with Crippen LogP contribution in [0.4, 0.5) is 10.5 Å². The molecule has 0 atom stereocenters. The Bertz CT molecular complexity index is 848. The summed E-state index contributed by atoms with van der Waals surface area (Å²) in [6.07, 6.45) is 0.391. The number of nitrogens with zero attached hydrogens (tertiary/aromatic N) is 3. The minimum absolute atomic E-state index is 0.0843. The van der Waals surface area contributed by atoms with Crippen molar-refractivity contribution < 1.29 is 14.5 Å². The fourth-order valence-corrected chi connectivity index (χ4v) is 3.39. The van der Waals surface area contributed by atoms with Crippen molar-refractivity contribution in [2.75, 3.05) is 6.54 Å². The van der Waals surface area contributed by atoms with Crippen molar-refractivity contribution in [2.45, 2.75) is 52.8 Å². The molecule has 0 spiro atoms. The summed E-state index contributed by atoms with van der Waals surface area (Å²) in [7, 11) is 0. The summed E-state index contributed by atoms with van der Waals surface area (Å²) >= 11 is 0. The van der Waals surface area contributed by atoms with E-state index in [1.165, 1.54) is 6.07 Å². The molecular weight excluding hydrogens is 322 g/mol. The van der Waals surface area contributed by atoms with Crippen LogP contribution in [-0.4, -0.2) is 32.6 Å². The molecule has 1 aliphatic heterocycles. The summed E-state index contributed by atoms with van der Waals surface area (Å²) in [5.74, 6) is 0. The van der Waals surface area contributed by atoms with Gasteiger partial charge in [0.1, 0.15) is 5.60 Å². The number of non-ortho nitro benzene ring substituents is 1. The number of carbonyl (C=O) groups excluding carboxylic acids is 1. The van der Waals surface area contributed by atoms with Crippen LogP contribution in [-0.2, 0) is 24.2 Å². The molecule has 1 aromatic heterocycles. The van der Waals surface area contributed by atoms with E-state index in [0.29, 0.717) is 19.5 Å². The molecule has 0 bridgehead atoms. The lowest BCUT2D eigenvalue weighted by Gasteiger charge is -2.30. The number of nitro benzene ring substituents is 1. The summed E-state index contributed by atoms with van der Waals surface area (Å²) in [6, 6.07) is 4.93. The highest BCUT2D eigenvalue weighted by atomic mass is 16.6. The van der Waals surface area contributed by atoms with Crippen LogP contribution in [0.15, 0.2) is 18.2 Å². The Labute approximate surface area is 146 Å². The Morgan fingerprint density at radius 2 is 2.08 bits per heavy atom. The largest absolute Gasteiger partial charge is 0.444 e. The van der Waals surface area contributed by atoms with Crippen molar-refractivity contribution >= 4 is 22.7 Å². The van der Waals surface area contributed by atoms with E-state index in [-0.39, 0.29) is 16.7 Å². The standard InChI is InChI=1S/C18H23N3O4/c1-5-20-15-8-9-19(17(22)25-18(2,3)4)11-14(15)13-7-6-12(21(23)24)10-16(13)20/h6-7,10H,5,8-9,11H2,1-4H3. The summed E-state index contributed by atoms with van der Waals surface area (Å²) in [5.41, 5.74) is 2.62. The van der Waals surface area contributed by atoms with E-state index < -0.39 is 5.60 Å². The number of hydrogen-bond donors (Lipinski definition) is 0. The van der Waals surface area contributed by atoms with Gasteiger partial charge in [-0.2, -0.15) is 0 Å². The lowest BCUT2D eigenvalue weighted by atomic mass is 10.0. The van der Waals surface area contributed by atoms with E-state index >= 15 is 0 Å². The lowest BCUT2D eigenvalue weighted by molar-refractivity contribution is -0.384. The molecule has 7 nitrogen and oxygen atoms in total. The quantitative estimate of drug-likeness (QED) is 0.611. The van der Waals surface area contributed by atoms with Crippen molar-refractivity contribution in [3.05, 3.63) is 39.6 Å². The summed E-state index contributed by atoms with van der Waals surface area (Å²) in [4.78, 5) is 24.8. The second-order valence-corrected chi connectivity index (χ2v) is 7.28. The number of carbonyl (C=O) groups is 1. The minimum atomic E-state index is -0.532. The predicted molar refractivity (Wildman–Crippen MR) is 94.6 cm³/mol. The first-order valence-corrected chi connectivity index (χ1v) is 8.47. The summed E-state index contributed by atoms with van der Waals surface area (Å²) < 4.78 is 7.59. The second kappa shape index (κ2) is 6.06. The van der Waals surface area contributed by atoms with Gasteiger partial charge in [-0.25, -0.2) is 4.79 Å². The zero-order valence-corrected chi connectivity index (χ0v) is 15.0. The Kier molecular flexibility index (Phi) is 4.18. The molecule has 25 heavy (non-hydrogen) atoms. The van der Waals surface area contributed by atoms with Crippen molar-refractivity contribution in [1.29, 1.82) is 0 Å². The van der Waals surface area contributed by atoms with Gasteiger partial charge in [-0.15, -0.1) is 0 Å². The zero-order valence-electron chi connectivity index (χ0n) is 15.0. The first-order chi connectivity index (χ1) is 11.7. The molecule has 134 valence electrons. The van der Waals surface area contributed by atoms with E-state index in [4.69, 9.17) is 4.74 Å². The number of nitro groups is 1. The average Bonchev–Trinajstić information content (AvgIpc) is 2.85. The normalized spacial score (nSPS) is 14.5. The van der Waals surface area contributed by atoms with Gasteiger partial charge in [0.05, 0.1) is 17.0 Å². The Hall–Kier alpha value is -2.57. The van der Waals surface area contributed by atoms with Crippen LogP contribution in [0.2, 0.25) is 0 Å². The molecule has 0 radical (unpaired) electrons. The van der Waals surface area contributed by atoms with Crippen molar-refractivity contribution in [1.82, 2.24) is 9.47 Å². The van der Waals surface area contributed by atoms with Crippen LogP contribution in [0.5, 0.6) is 0 Å². The summed E-state index contributed by atoms with van der Waals surface area (Å²) in [5, 5.41) is 12.1. The SMILES string of the molecule is CCn1c2c(c3ccc([N+](=O)[O-])cc31)CN(C(=O)OC(C)(C)C)CC2. The first kappa shape index (κ1) is 17.3. The highest BCUT2D eigenvalue weighted by Gasteiger charge is 2.29. The molecule has 0 saturated carbocycles. The summed E-state index contributed by atoms with van der Waals surface area (Å²) in [6.45, 7) is 9.36. The highest BCUT2D eigenvalue weighted by Crippen LogP contribution is 2.33. The zero-order chi connectivity index (χ0) is 18.4. The number of aromatic nitrogens is 1. The topological polar surface area (TPSA) is 77.6 Å². The van der Waals surface area contributed by atoms with Gasteiger partial charge in [0.15, 0.2) is 0 Å². The van der Waals surface area contributed by atoms with E-state index in [1.807, 2.05) is 27.7 Å². The Balaban J connectivity index is 2.00. The molecule has 0 aliphatic carbocycles. The van der Waals surface area contributed by atoms with Crippen LogP contribution in [0.1, 0.15) is 39.0 Å². The molecule has 3 rings (SSSR count). The lowest BCUT2D eigenvalue weighted by Crippen LogP contribution is -2.40. The van der Waals surface area contributed by atoms with Gasteiger partial charge in [0, 0.05) is 48.3 Å². The highest BCUT2D eigenvalue weighted by molar-refractivity contribution is 5.88. The number of ether oxygens (including phenoxy) is 1. The second-order valence-electron chi connectivity index (χ2n) is 7.28. The maximum Gasteiger partial charge on any atom is 0.410 e. The minimum Gasteiger partial charge on any atom is -0.444 e. The van der Waals surface area contributed by atoms with E-state index in [2.05, 4.69) is 4.57 Å². The molecule has 1 aromatic carbocycles. The van der Waals surface area contributed by atoms with Gasteiger partial charge < -0.3 is 14.2 Å². The van der Waals surface area contributed by atoms with Crippen LogP contribution >= 0.6 is 0 Å². The van der Waals surface area contributed by atoms with Crippen molar-refractivity contribution in [2.24, 2.45) is 0 Å². The predicted octanol–water partition coefficient (Wildman–Crippen LogP) is 3.86. The van der Waals surface area contributed by atoms with Crippen LogP contribution in [0.3, 0.4) is 0 Å². The molecule has 0 unspecified atom stereocenters. The number of amides is 1. The maximum atomic E-state index is 12.4. The average molecular weight is 345 g/mol. The monoisotopic (exact) mass is 345 g/mol. The van der Waals surface area contributed by atoms with Gasteiger partial charge in [-0.3, -0.25) is 10.1 Å². The molecule has 0 saturated heterocycles. The Morgan fingerprint density at radius 3 is 2.68 bits per heavy atom. The van der Waals surface area contributed by atoms with E-state index in [1.54, 1.807) is 17.0 Å². The molecule has 1 amide bonds. The molecule has 1 aliphatic rings. The van der Waals surface area contributed by atoms with Gasteiger partial charge in [-0.05, 0) is 33.8 Å². The van der Waals surface area contributed by atoms with Gasteiger partial charge in [0.25, 0.3) is 5.69 Å². The van der Waals surface area contributed by atoms with Crippen LogP contribution in [0.25, 0.3) is 10.9 Å². The van der Waals surface area contributed by atoms with Crippen LogP contribution < -0.4 is 0 Å². The molecule has 0 fully saturated rings. The number of benzene rings is 1. The number of fused-ring (bicyclic) bond motifs is 3. The van der Waals surface area contributed by atoms with Crippen molar-refractivity contribution in [3.63, 3.8) is 0 Å². The molecular formula is C18H23N3O4. The van der Waals surface area contributed by atoms with Crippen molar-refractivity contribution in [3.8, 4) is 0 Å². The Morgan fingerprint density at radius 1 is 1.36 bits per heavy atom. The molecule has 2 aromatic rings. The third-order valence-corrected chi connectivity index (χ3v) is 4.42. The van der Waals surface area contributed by atoms with Crippen LogP contribution in [0, 0.1) is 10.1 Å². The number of rotatable bonds is 2. The fourth-order valence-electron chi connectivity index (χ4n) is 3.39. The third-order valence-electron chi connectivity index (χ3n) is 4.42.